The van der Waals surface area contributed by atoms with E-state index >= 15 is 0 Å². The van der Waals surface area contributed by atoms with Crippen molar-refractivity contribution in [1.29, 1.82) is 0 Å². The largest absolute Gasteiger partial charge is 0.457 e. The summed E-state index contributed by atoms with van der Waals surface area (Å²) in [5.41, 5.74) is 5.62. The molecule has 0 aliphatic rings. The summed E-state index contributed by atoms with van der Waals surface area (Å²) < 4.78 is 5.80. The Labute approximate surface area is 254 Å². The van der Waals surface area contributed by atoms with Crippen LogP contribution in [0.1, 0.15) is 23.2 Å². The summed E-state index contributed by atoms with van der Waals surface area (Å²) in [6.07, 6.45) is 0.151. The van der Waals surface area contributed by atoms with E-state index in [9.17, 15) is 9.59 Å². The molecule has 0 saturated carbocycles. The van der Waals surface area contributed by atoms with Gasteiger partial charge >= 0.3 is 0 Å². The Morgan fingerprint density at radius 1 is 0.581 bits per heavy atom. The minimum atomic E-state index is -0.253. The number of carbonyl (C=O) groups is 2. The summed E-state index contributed by atoms with van der Waals surface area (Å²) in [6, 6.07) is 45.0. The highest BCUT2D eigenvalue weighted by Crippen LogP contribution is 2.39. The van der Waals surface area contributed by atoms with Crippen molar-refractivity contribution in [2.24, 2.45) is 0 Å². The lowest BCUT2D eigenvalue weighted by Crippen LogP contribution is -2.13. The van der Waals surface area contributed by atoms with Crippen molar-refractivity contribution in [3.8, 4) is 44.3 Å². The highest BCUT2D eigenvalue weighted by atomic mass is 32.1. The second-order valence-corrected chi connectivity index (χ2v) is 10.9. The average Bonchev–Trinajstić information content (AvgIpc) is 3.49. The number of thiazole rings is 1. The number of Topliss-reactive ketones (excluding diaryl/α,β-unsaturated/α-hetero) is 1. The van der Waals surface area contributed by atoms with Gasteiger partial charge < -0.3 is 10.1 Å². The predicted octanol–water partition coefficient (Wildman–Crippen LogP) is 9.54. The fourth-order valence-electron chi connectivity index (χ4n) is 4.69. The van der Waals surface area contributed by atoms with Crippen LogP contribution >= 0.6 is 11.3 Å². The highest BCUT2D eigenvalue weighted by molar-refractivity contribution is 7.19. The maximum absolute atomic E-state index is 12.9. The van der Waals surface area contributed by atoms with Crippen molar-refractivity contribution in [3.63, 3.8) is 0 Å². The SMILES string of the molecule is O=C(CCC(=O)c1ccc(Oc2ccccc2)cc1)Nc1nc(-c2ccccc2)c(-c2ccc(-c3ccccc3)cc2)s1. The summed E-state index contributed by atoms with van der Waals surface area (Å²) in [4.78, 5) is 31.4. The van der Waals surface area contributed by atoms with Crippen molar-refractivity contribution in [2.75, 3.05) is 5.32 Å². The zero-order valence-electron chi connectivity index (χ0n) is 23.3. The van der Waals surface area contributed by atoms with E-state index < -0.39 is 0 Å². The molecular weight excluding hydrogens is 552 g/mol. The van der Waals surface area contributed by atoms with Crippen molar-refractivity contribution < 1.29 is 14.3 Å². The number of rotatable bonds is 10. The van der Waals surface area contributed by atoms with Gasteiger partial charge in [0.2, 0.25) is 5.91 Å². The lowest BCUT2D eigenvalue weighted by molar-refractivity contribution is -0.116. The Balaban J connectivity index is 1.13. The van der Waals surface area contributed by atoms with Crippen LogP contribution in [0.25, 0.3) is 32.8 Å². The number of benzene rings is 5. The lowest BCUT2D eigenvalue weighted by atomic mass is 10.0. The van der Waals surface area contributed by atoms with E-state index in [2.05, 4.69) is 41.7 Å². The van der Waals surface area contributed by atoms with Crippen LogP contribution in [0.2, 0.25) is 0 Å². The molecule has 1 N–H and O–H groups in total. The monoisotopic (exact) mass is 580 g/mol. The molecule has 0 spiro atoms. The molecule has 0 aliphatic heterocycles. The van der Waals surface area contributed by atoms with Gasteiger partial charge in [0.05, 0.1) is 10.6 Å². The molecule has 5 nitrogen and oxygen atoms in total. The van der Waals surface area contributed by atoms with Gasteiger partial charge in [0.25, 0.3) is 0 Å². The number of ketones is 1. The Morgan fingerprint density at radius 3 is 1.77 bits per heavy atom. The molecule has 1 amide bonds. The molecule has 5 aromatic carbocycles. The normalized spacial score (nSPS) is 10.7. The maximum Gasteiger partial charge on any atom is 0.226 e. The van der Waals surface area contributed by atoms with Crippen LogP contribution in [0, 0.1) is 0 Å². The number of hydrogen-bond donors (Lipinski definition) is 1. The Kier molecular flexibility index (Phi) is 8.48. The number of hydrogen-bond acceptors (Lipinski definition) is 5. The summed E-state index contributed by atoms with van der Waals surface area (Å²) in [6.45, 7) is 0. The van der Waals surface area contributed by atoms with Crippen LogP contribution in [0.5, 0.6) is 11.5 Å². The van der Waals surface area contributed by atoms with E-state index in [0.717, 1.165) is 38.6 Å². The molecule has 0 saturated heterocycles. The zero-order valence-corrected chi connectivity index (χ0v) is 24.1. The molecule has 6 heteroatoms. The number of ether oxygens (including phenoxy) is 1. The third kappa shape index (κ3) is 6.94. The number of nitrogens with zero attached hydrogens (tertiary/aromatic N) is 1. The van der Waals surface area contributed by atoms with Gasteiger partial charge in [-0.15, -0.1) is 0 Å². The Morgan fingerprint density at radius 2 is 1.12 bits per heavy atom. The summed E-state index contributed by atoms with van der Waals surface area (Å²) >= 11 is 1.43. The second kappa shape index (κ2) is 13.1. The first kappa shape index (κ1) is 27.8. The average molecular weight is 581 g/mol. The van der Waals surface area contributed by atoms with Gasteiger partial charge in [0.1, 0.15) is 11.5 Å². The van der Waals surface area contributed by atoms with Gasteiger partial charge in [0.15, 0.2) is 10.9 Å². The Hall–Kier alpha value is -5.33. The van der Waals surface area contributed by atoms with Gasteiger partial charge in [-0.05, 0) is 53.1 Å². The van der Waals surface area contributed by atoms with Crippen molar-refractivity contribution in [3.05, 3.63) is 145 Å². The third-order valence-electron chi connectivity index (χ3n) is 6.91. The van der Waals surface area contributed by atoms with Crippen LogP contribution in [0.4, 0.5) is 5.13 Å². The number of aromatic nitrogens is 1. The van der Waals surface area contributed by atoms with Crippen LogP contribution in [-0.4, -0.2) is 16.7 Å². The molecule has 0 bridgehead atoms. The number of carbonyl (C=O) groups excluding carboxylic acids is 2. The van der Waals surface area contributed by atoms with Gasteiger partial charge in [-0.2, -0.15) is 0 Å². The fourth-order valence-corrected chi connectivity index (χ4v) is 5.70. The second-order valence-electron chi connectivity index (χ2n) is 9.92. The molecule has 43 heavy (non-hydrogen) atoms. The molecule has 0 atom stereocenters. The minimum absolute atomic E-state index is 0.0580. The maximum atomic E-state index is 12.9. The van der Waals surface area contributed by atoms with Crippen LogP contribution in [0.15, 0.2) is 140 Å². The fraction of sp³-hybridized carbons (Fsp3) is 0.0541. The van der Waals surface area contributed by atoms with Crippen molar-refractivity contribution >= 4 is 28.2 Å². The van der Waals surface area contributed by atoms with E-state index in [1.54, 1.807) is 24.3 Å². The molecule has 6 aromatic rings. The molecule has 0 unspecified atom stereocenters. The topological polar surface area (TPSA) is 68.3 Å². The highest BCUT2D eigenvalue weighted by Gasteiger charge is 2.17. The predicted molar refractivity (Wildman–Crippen MR) is 174 cm³/mol. The first-order valence-corrected chi connectivity index (χ1v) is 14.8. The molecule has 1 aromatic heterocycles. The molecule has 0 aliphatic carbocycles. The standard InChI is InChI=1S/C37H28N2O3S/c40-33(28-20-22-32(23-21-28)42-31-14-8-3-9-15-31)24-25-34(41)38-37-39-35(29-12-6-2-7-13-29)36(43-37)30-18-16-27(17-19-30)26-10-4-1-5-11-26/h1-23H,24-25H2,(H,38,39,41). The van der Waals surface area contributed by atoms with E-state index in [1.165, 1.54) is 11.3 Å². The minimum Gasteiger partial charge on any atom is -0.457 e. The molecular formula is C37H28N2O3S. The molecule has 0 radical (unpaired) electrons. The van der Waals surface area contributed by atoms with Gasteiger partial charge in [-0.25, -0.2) is 4.98 Å². The zero-order chi connectivity index (χ0) is 29.4. The van der Waals surface area contributed by atoms with Gasteiger partial charge in [0, 0.05) is 24.0 Å². The van der Waals surface area contributed by atoms with E-state index in [0.29, 0.717) is 16.4 Å². The first-order valence-electron chi connectivity index (χ1n) is 14.0. The third-order valence-corrected chi connectivity index (χ3v) is 7.93. The summed E-state index contributed by atoms with van der Waals surface area (Å²) in [7, 11) is 0. The van der Waals surface area contributed by atoms with Gasteiger partial charge in [-0.1, -0.05) is 114 Å². The van der Waals surface area contributed by atoms with Crippen molar-refractivity contribution in [2.45, 2.75) is 12.8 Å². The summed E-state index contributed by atoms with van der Waals surface area (Å²) in [5, 5.41) is 3.42. The summed E-state index contributed by atoms with van der Waals surface area (Å²) in [5.74, 6) is 1.01. The Bertz CT molecular complexity index is 1820. The van der Waals surface area contributed by atoms with Crippen molar-refractivity contribution in [1.82, 2.24) is 4.98 Å². The quantitative estimate of drug-likeness (QED) is 0.164. The molecule has 6 rings (SSSR count). The first-order chi connectivity index (χ1) is 21.1. The molecule has 210 valence electrons. The number of anilines is 1. The van der Waals surface area contributed by atoms with Crippen LogP contribution < -0.4 is 10.1 Å². The van der Waals surface area contributed by atoms with E-state index in [4.69, 9.17) is 9.72 Å². The molecule has 0 fully saturated rings. The smallest absolute Gasteiger partial charge is 0.226 e. The van der Waals surface area contributed by atoms with E-state index in [1.807, 2.05) is 78.9 Å². The number of amides is 1. The molecule has 1 heterocycles. The van der Waals surface area contributed by atoms with Crippen LogP contribution in [-0.2, 0) is 4.79 Å². The van der Waals surface area contributed by atoms with Gasteiger partial charge in [-0.3, -0.25) is 9.59 Å². The van der Waals surface area contributed by atoms with E-state index in [-0.39, 0.29) is 24.5 Å². The number of para-hydroxylation sites is 1. The lowest BCUT2D eigenvalue weighted by Gasteiger charge is -2.06. The van der Waals surface area contributed by atoms with Crippen LogP contribution in [0.3, 0.4) is 0 Å². The number of nitrogens with one attached hydrogen (secondary N) is 1.